The van der Waals surface area contributed by atoms with Gasteiger partial charge in [0.1, 0.15) is 10.8 Å². The second kappa shape index (κ2) is 6.93. The Morgan fingerprint density at radius 1 is 1.38 bits per heavy atom. The van der Waals surface area contributed by atoms with Gasteiger partial charge < -0.3 is 14.6 Å². The van der Waals surface area contributed by atoms with Gasteiger partial charge in [0.2, 0.25) is 0 Å². The number of amides is 1. The smallest absolute Gasteiger partial charge is 0.358 e. The summed E-state index contributed by atoms with van der Waals surface area (Å²) in [5.41, 5.74) is 1.13. The zero-order valence-corrected chi connectivity index (χ0v) is 14.4. The molecule has 0 aliphatic carbocycles. The third-order valence-electron chi connectivity index (χ3n) is 3.01. The fraction of sp³-hybridized carbons (Fsp3) is 0.200. The second-order valence-corrected chi connectivity index (χ2v) is 6.55. The highest BCUT2D eigenvalue weighted by atomic mass is 32.1. The summed E-state index contributed by atoms with van der Waals surface area (Å²) in [6.07, 6.45) is -0.985. The van der Waals surface area contributed by atoms with E-state index in [1.807, 2.05) is 16.8 Å². The van der Waals surface area contributed by atoms with Gasteiger partial charge in [0.15, 0.2) is 17.6 Å². The van der Waals surface area contributed by atoms with Crippen LogP contribution in [-0.2, 0) is 9.53 Å². The third kappa shape index (κ3) is 3.69. The molecule has 24 heavy (non-hydrogen) atoms. The van der Waals surface area contributed by atoms with Crippen LogP contribution in [0.15, 0.2) is 32.8 Å². The van der Waals surface area contributed by atoms with Crippen LogP contribution in [0.3, 0.4) is 0 Å². The largest absolute Gasteiger partial charge is 0.448 e. The van der Waals surface area contributed by atoms with Crippen LogP contribution in [0.1, 0.15) is 23.2 Å². The highest BCUT2D eigenvalue weighted by Crippen LogP contribution is 2.26. The van der Waals surface area contributed by atoms with Crippen molar-refractivity contribution in [2.75, 3.05) is 5.32 Å². The molecule has 0 saturated heterocycles. The summed E-state index contributed by atoms with van der Waals surface area (Å²) in [6, 6.07) is 3.49. The van der Waals surface area contributed by atoms with E-state index in [2.05, 4.69) is 15.5 Å². The number of esters is 1. The molecule has 0 aliphatic heterocycles. The van der Waals surface area contributed by atoms with Crippen molar-refractivity contribution >= 4 is 40.4 Å². The SMILES string of the molecule is Cc1cc(NC(=O)[C@@H](C)OC(=O)c2csc(-c3ccsc3)n2)no1. The van der Waals surface area contributed by atoms with Gasteiger partial charge in [-0.3, -0.25) is 4.79 Å². The Morgan fingerprint density at radius 3 is 2.88 bits per heavy atom. The first-order valence-corrected chi connectivity index (χ1v) is 8.78. The fourth-order valence-electron chi connectivity index (χ4n) is 1.81. The quantitative estimate of drug-likeness (QED) is 0.699. The lowest BCUT2D eigenvalue weighted by molar-refractivity contribution is -0.123. The van der Waals surface area contributed by atoms with E-state index in [0.717, 1.165) is 10.6 Å². The number of carbonyl (C=O) groups is 2. The number of hydrogen-bond acceptors (Lipinski definition) is 8. The molecule has 3 rings (SSSR count). The Morgan fingerprint density at radius 2 is 2.21 bits per heavy atom. The Balaban J connectivity index is 1.60. The van der Waals surface area contributed by atoms with Gasteiger partial charge in [0, 0.05) is 22.4 Å². The minimum absolute atomic E-state index is 0.179. The normalized spacial score (nSPS) is 11.9. The van der Waals surface area contributed by atoms with Crippen molar-refractivity contribution in [3.8, 4) is 10.6 Å². The van der Waals surface area contributed by atoms with Crippen molar-refractivity contribution in [3.05, 3.63) is 39.7 Å². The summed E-state index contributed by atoms with van der Waals surface area (Å²) in [7, 11) is 0. The molecule has 0 spiro atoms. The van der Waals surface area contributed by atoms with Crippen molar-refractivity contribution in [2.24, 2.45) is 0 Å². The van der Waals surface area contributed by atoms with Gasteiger partial charge in [-0.05, 0) is 25.3 Å². The number of nitrogens with zero attached hydrogens (tertiary/aromatic N) is 2. The van der Waals surface area contributed by atoms with Crippen LogP contribution in [0.4, 0.5) is 5.82 Å². The summed E-state index contributed by atoms with van der Waals surface area (Å²) < 4.78 is 10.00. The van der Waals surface area contributed by atoms with Gasteiger partial charge in [-0.25, -0.2) is 9.78 Å². The number of thiophene rings is 1. The minimum atomic E-state index is -0.985. The predicted octanol–water partition coefficient (Wildman–Crippen LogP) is 3.35. The number of nitrogens with one attached hydrogen (secondary N) is 1. The van der Waals surface area contributed by atoms with E-state index in [1.165, 1.54) is 18.3 Å². The van der Waals surface area contributed by atoms with E-state index in [-0.39, 0.29) is 11.5 Å². The maximum Gasteiger partial charge on any atom is 0.358 e. The topological polar surface area (TPSA) is 94.3 Å². The molecule has 1 amide bonds. The molecule has 124 valence electrons. The number of ether oxygens (including phenoxy) is 1. The Kier molecular flexibility index (Phi) is 4.72. The molecule has 0 aromatic carbocycles. The average Bonchev–Trinajstić information content (AvgIpc) is 3.28. The van der Waals surface area contributed by atoms with Gasteiger partial charge in [0.25, 0.3) is 5.91 Å². The zero-order chi connectivity index (χ0) is 17.1. The highest BCUT2D eigenvalue weighted by Gasteiger charge is 2.22. The van der Waals surface area contributed by atoms with Crippen LogP contribution >= 0.6 is 22.7 Å². The van der Waals surface area contributed by atoms with Crippen molar-refractivity contribution in [3.63, 3.8) is 0 Å². The summed E-state index contributed by atoms with van der Waals surface area (Å²) in [5, 5.41) is 12.4. The van der Waals surface area contributed by atoms with Crippen LogP contribution in [0.5, 0.6) is 0 Å². The maximum atomic E-state index is 12.1. The van der Waals surface area contributed by atoms with Crippen LogP contribution in [-0.4, -0.2) is 28.1 Å². The lowest BCUT2D eigenvalue weighted by Gasteiger charge is -2.11. The Labute approximate surface area is 145 Å². The molecule has 9 heteroatoms. The van der Waals surface area contributed by atoms with Crippen molar-refractivity contribution < 1.29 is 18.8 Å². The highest BCUT2D eigenvalue weighted by molar-refractivity contribution is 7.14. The maximum absolute atomic E-state index is 12.1. The van der Waals surface area contributed by atoms with Gasteiger partial charge >= 0.3 is 5.97 Å². The summed E-state index contributed by atoms with van der Waals surface area (Å²) in [4.78, 5) is 28.3. The Hall–Kier alpha value is -2.52. The van der Waals surface area contributed by atoms with Crippen LogP contribution in [0, 0.1) is 6.92 Å². The summed E-state index contributed by atoms with van der Waals surface area (Å²) >= 11 is 2.90. The molecule has 1 N–H and O–H groups in total. The minimum Gasteiger partial charge on any atom is -0.448 e. The van der Waals surface area contributed by atoms with E-state index in [4.69, 9.17) is 9.26 Å². The first-order chi connectivity index (χ1) is 11.5. The molecule has 0 aliphatic rings. The van der Waals surface area contributed by atoms with E-state index in [9.17, 15) is 9.59 Å². The number of hydrogen-bond donors (Lipinski definition) is 1. The van der Waals surface area contributed by atoms with Crippen molar-refractivity contribution in [2.45, 2.75) is 20.0 Å². The van der Waals surface area contributed by atoms with Gasteiger partial charge in [-0.15, -0.1) is 11.3 Å². The van der Waals surface area contributed by atoms with E-state index < -0.39 is 18.0 Å². The van der Waals surface area contributed by atoms with E-state index in [1.54, 1.807) is 29.7 Å². The molecule has 3 heterocycles. The summed E-state index contributed by atoms with van der Waals surface area (Å²) in [5.74, 6) is -0.302. The number of thiazole rings is 1. The van der Waals surface area contributed by atoms with Crippen molar-refractivity contribution in [1.82, 2.24) is 10.1 Å². The zero-order valence-electron chi connectivity index (χ0n) is 12.8. The standard InChI is InChI=1S/C15H13N3O4S2/c1-8-5-12(18-22-8)17-13(19)9(2)21-15(20)11-7-24-14(16-11)10-3-4-23-6-10/h3-7,9H,1-2H3,(H,17,18,19)/t9-/m1/s1. The molecule has 0 unspecified atom stereocenters. The molecule has 3 aromatic rings. The van der Waals surface area contributed by atoms with Crippen LogP contribution < -0.4 is 5.32 Å². The summed E-state index contributed by atoms with van der Waals surface area (Å²) in [6.45, 7) is 3.19. The molecule has 1 atom stereocenters. The molecule has 0 saturated carbocycles. The third-order valence-corrected chi connectivity index (χ3v) is 4.59. The monoisotopic (exact) mass is 363 g/mol. The molecule has 0 bridgehead atoms. The first-order valence-electron chi connectivity index (χ1n) is 6.96. The predicted molar refractivity (Wildman–Crippen MR) is 90.2 cm³/mol. The molecule has 7 nitrogen and oxygen atoms in total. The molecule has 0 radical (unpaired) electrons. The van der Waals surface area contributed by atoms with Crippen LogP contribution in [0.25, 0.3) is 10.6 Å². The number of aryl methyl sites for hydroxylation is 1. The number of carbonyl (C=O) groups excluding carboxylic acids is 2. The first kappa shape index (κ1) is 16.3. The number of rotatable bonds is 5. The number of anilines is 1. The second-order valence-electron chi connectivity index (χ2n) is 4.91. The lowest BCUT2D eigenvalue weighted by Crippen LogP contribution is -2.30. The molecule has 0 fully saturated rings. The molecule has 3 aromatic heterocycles. The molecular weight excluding hydrogens is 350 g/mol. The fourth-order valence-corrected chi connectivity index (χ4v) is 3.32. The molecular formula is C15H13N3O4S2. The van der Waals surface area contributed by atoms with Gasteiger partial charge in [0.05, 0.1) is 0 Å². The van der Waals surface area contributed by atoms with Gasteiger partial charge in [-0.1, -0.05) is 5.16 Å². The van der Waals surface area contributed by atoms with E-state index in [0.29, 0.717) is 5.76 Å². The van der Waals surface area contributed by atoms with E-state index >= 15 is 0 Å². The van der Waals surface area contributed by atoms with Crippen LogP contribution in [0.2, 0.25) is 0 Å². The average molecular weight is 363 g/mol. The Bertz CT molecular complexity index is 854. The van der Waals surface area contributed by atoms with Gasteiger partial charge in [-0.2, -0.15) is 11.3 Å². The van der Waals surface area contributed by atoms with Crippen molar-refractivity contribution in [1.29, 1.82) is 0 Å². The number of aromatic nitrogens is 2. The lowest BCUT2D eigenvalue weighted by atomic mass is 10.3.